The third-order valence-corrected chi connectivity index (χ3v) is 8.59. The van der Waals surface area contributed by atoms with Gasteiger partial charge in [0.25, 0.3) is 0 Å². The van der Waals surface area contributed by atoms with Crippen molar-refractivity contribution in [3.05, 3.63) is 81.2 Å². The average Bonchev–Trinajstić information content (AvgIpc) is 2.82. The normalized spacial score (nSPS) is 19.1. The maximum atomic E-state index is 13.1. The monoisotopic (exact) mass is 511 g/mol. The van der Waals surface area contributed by atoms with Gasteiger partial charge < -0.3 is 9.08 Å². The van der Waals surface area contributed by atoms with E-state index in [4.69, 9.17) is 15.8 Å². The number of halogens is 1. The number of ketones is 2. The Morgan fingerprint density at radius 3 is 2.00 bits per heavy atom. The number of nitrogens with zero attached hydrogens (tertiary/aromatic N) is 1. The van der Waals surface area contributed by atoms with E-state index < -0.39 is 16.0 Å². The van der Waals surface area contributed by atoms with Gasteiger partial charge in [-0.2, -0.15) is 8.42 Å². The SMILES string of the molecule is Cc1ccc(S(=O)(=O)Oc2ccc(C3C4=C(CCCC4=O)N(C)C4=C3C(=O)CCC4)cc2Cl)cc1. The zero-order valence-corrected chi connectivity index (χ0v) is 21.2. The smallest absolute Gasteiger partial charge is 0.339 e. The number of rotatable bonds is 4. The number of hydrogen-bond donors (Lipinski definition) is 0. The van der Waals surface area contributed by atoms with E-state index in [2.05, 4.69) is 0 Å². The highest BCUT2D eigenvalue weighted by atomic mass is 35.5. The molecular formula is C27H26ClNO5S. The van der Waals surface area contributed by atoms with Crippen molar-refractivity contribution in [2.75, 3.05) is 7.05 Å². The molecule has 0 radical (unpaired) electrons. The Hall–Kier alpha value is -2.90. The minimum Gasteiger partial charge on any atom is -0.377 e. The Morgan fingerprint density at radius 2 is 1.46 bits per heavy atom. The molecular weight excluding hydrogens is 486 g/mol. The first kappa shape index (κ1) is 23.8. The maximum Gasteiger partial charge on any atom is 0.339 e. The van der Waals surface area contributed by atoms with Crippen molar-refractivity contribution in [2.24, 2.45) is 0 Å². The molecule has 0 bridgehead atoms. The van der Waals surface area contributed by atoms with E-state index in [-0.39, 0.29) is 27.2 Å². The molecule has 0 saturated heterocycles. The van der Waals surface area contributed by atoms with Crippen LogP contribution in [0.5, 0.6) is 5.75 Å². The van der Waals surface area contributed by atoms with Gasteiger partial charge in [0, 0.05) is 48.3 Å². The number of carbonyl (C=O) groups is 2. The van der Waals surface area contributed by atoms with Crippen LogP contribution in [-0.2, 0) is 19.7 Å². The third kappa shape index (κ3) is 4.21. The molecule has 2 aromatic carbocycles. The van der Waals surface area contributed by atoms with Crippen LogP contribution >= 0.6 is 11.6 Å². The zero-order valence-electron chi connectivity index (χ0n) is 19.6. The van der Waals surface area contributed by atoms with E-state index >= 15 is 0 Å². The quantitative estimate of drug-likeness (QED) is 0.507. The second-order valence-electron chi connectivity index (χ2n) is 9.31. The summed E-state index contributed by atoms with van der Waals surface area (Å²) in [5.41, 5.74) is 4.88. The number of benzene rings is 2. The molecule has 5 rings (SSSR count). The number of Topliss-reactive ketones (excluding diaryl/α,β-unsaturated/α-hetero) is 2. The molecule has 2 aliphatic carbocycles. The minimum atomic E-state index is -4.07. The number of hydrogen-bond acceptors (Lipinski definition) is 6. The summed E-state index contributed by atoms with van der Waals surface area (Å²) in [6, 6.07) is 11.2. The summed E-state index contributed by atoms with van der Waals surface area (Å²) in [6.07, 6.45) is 4.03. The van der Waals surface area contributed by atoms with Gasteiger partial charge in [0.2, 0.25) is 0 Å². The molecule has 0 unspecified atom stereocenters. The van der Waals surface area contributed by atoms with Crippen LogP contribution in [0.2, 0.25) is 5.02 Å². The lowest BCUT2D eigenvalue weighted by Crippen LogP contribution is -2.37. The Morgan fingerprint density at radius 1 is 0.886 bits per heavy atom. The molecule has 1 aliphatic heterocycles. The van der Waals surface area contributed by atoms with E-state index in [0.717, 1.165) is 42.6 Å². The first-order valence-corrected chi connectivity index (χ1v) is 13.5. The number of aryl methyl sites for hydroxylation is 1. The molecule has 182 valence electrons. The maximum absolute atomic E-state index is 13.1. The Kier molecular flexibility index (Phi) is 6.09. The lowest BCUT2D eigenvalue weighted by molar-refractivity contribution is -0.117. The molecule has 8 heteroatoms. The highest BCUT2D eigenvalue weighted by Gasteiger charge is 2.42. The highest BCUT2D eigenvalue weighted by molar-refractivity contribution is 7.87. The van der Waals surface area contributed by atoms with E-state index in [1.54, 1.807) is 24.3 Å². The van der Waals surface area contributed by atoms with Crippen LogP contribution in [-0.4, -0.2) is 31.9 Å². The van der Waals surface area contributed by atoms with Crippen molar-refractivity contribution in [1.82, 2.24) is 4.90 Å². The summed E-state index contributed by atoms with van der Waals surface area (Å²) in [7, 11) is -2.13. The Labute approximate surface area is 210 Å². The van der Waals surface area contributed by atoms with Gasteiger partial charge in [0.05, 0.1) is 5.02 Å². The molecule has 0 atom stereocenters. The van der Waals surface area contributed by atoms with Gasteiger partial charge in [-0.25, -0.2) is 0 Å². The fraction of sp³-hybridized carbons (Fsp3) is 0.333. The van der Waals surface area contributed by atoms with Gasteiger partial charge in [0.1, 0.15) is 4.90 Å². The topological polar surface area (TPSA) is 80.8 Å². The van der Waals surface area contributed by atoms with Crippen LogP contribution < -0.4 is 4.18 Å². The van der Waals surface area contributed by atoms with Gasteiger partial charge in [-0.15, -0.1) is 0 Å². The van der Waals surface area contributed by atoms with E-state index in [1.165, 1.54) is 18.2 Å². The van der Waals surface area contributed by atoms with Gasteiger partial charge in [0.15, 0.2) is 17.3 Å². The molecule has 0 saturated carbocycles. The van der Waals surface area contributed by atoms with Crippen LogP contribution in [0, 0.1) is 6.92 Å². The van der Waals surface area contributed by atoms with E-state index in [1.807, 2.05) is 18.9 Å². The average molecular weight is 512 g/mol. The molecule has 0 N–H and O–H groups in total. The van der Waals surface area contributed by atoms with Crippen molar-refractivity contribution in [1.29, 1.82) is 0 Å². The summed E-state index contributed by atoms with van der Waals surface area (Å²) in [6.45, 7) is 1.87. The molecule has 1 heterocycles. The second kappa shape index (κ2) is 8.95. The first-order valence-electron chi connectivity index (χ1n) is 11.7. The predicted octanol–water partition coefficient (Wildman–Crippen LogP) is 5.46. The van der Waals surface area contributed by atoms with Gasteiger partial charge in [-0.3, -0.25) is 9.59 Å². The molecule has 0 spiro atoms. The Bertz CT molecular complexity index is 1360. The van der Waals surface area contributed by atoms with Crippen LogP contribution in [0.25, 0.3) is 0 Å². The molecule has 0 aromatic heterocycles. The molecule has 0 fully saturated rings. The zero-order chi connectivity index (χ0) is 24.9. The van der Waals surface area contributed by atoms with Crippen molar-refractivity contribution in [3.63, 3.8) is 0 Å². The summed E-state index contributed by atoms with van der Waals surface area (Å²) < 4.78 is 30.9. The molecule has 6 nitrogen and oxygen atoms in total. The lowest BCUT2D eigenvalue weighted by atomic mass is 9.71. The largest absolute Gasteiger partial charge is 0.377 e. The van der Waals surface area contributed by atoms with Crippen LogP contribution in [0.1, 0.15) is 55.6 Å². The third-order valence-electron chi connectivity index (χ3n) is 7.04. The van der Waals surface area contributed by atoms with Gasteiger partial charge in [-0.1, -0.05) is 35.4 Å². The van der Waals surface area contributed by atoms with Crippen LogP contribution in [0.4, 0.5) is 0 Å². The summed E-state index contributed by atoms with van der Waals surface area (Å²) in [5.74, 6) is -0.410. The molecule has 2 aromatic rings. The fourth-order valence-electron chi connectivity index (χ4n) is 5.32. The van der Waals surface area contributed by atoms with E-state index in [0.29, 0.717) is 29.6 Å². The van der Waals surface area contributed by atoms with E-state index in [9.17, 15) is 18.0 Å². The molecule has 3 aliphatic rings. The summed E-state index contributed by atoms with van der Waals surface area (Å²) in [4.78, 5) is 28.3. The highest BCUT2D eigenvalue weighted by Crippen LogP contribution is 2.49. The van der Waals surface area contributed by atoms with Crippen molar-refractivity contribution < 1.29 is 22.2 Å². The second-order valence-corrected chi connectivity index (χ2v) is 11.3. The number of allylic oxidation sites excluding steroid dienone is 4. The predicted molar refractivity (Wildman–Crippen MR) is 133 cm³/mol. The standard InChI is InChI=1S/C27H26ClNO5S/c1-16-9-12-18(13-10-16)35(32,33)34-24-14-11-17(15-19(24)28)25-26-20(5-3-7-22(26)30)29(2)21-6-4-8-23(31)27(21)25/h9-15,25H,3-8H2,1-2H3. The van der Waals surface area contributed by atoms with Gasteiger partial charge in [-0.05, 0) is 62.4 Å². The van der Waals surface area contributed by atoms with Crippen molar-refractivity contribution in [3.8, 4) is 5.75 Å². The fourth-order valence-corrected chi connectivity index (χ4v) is 6.54. The van der Waals surface area contributed by atoms with Crippen LogP contribution in [0.3, 0.4) is 0 Å². The van der Waals surface area contributed by atoms with Gasteiger partial charge >= 0.3 is 10.1 Å². The molecule has 35 heavy (non-hydrogen) atoms. The number of carbonyl (C=O) groups excluding carboxylic acids is 2. The van der Waals surface area contributed by atoms with Crippen LogP contribution in [0.15, 0.2) is 69.9 Å². The van der Waals surface area contributed by atoms with Crippen molar-refractivity contribution >= 4 is 33.3 Å². The van der Waals surface area contributed by atoms with Crippen molar-refractivity contribution in [2.45, 2.75) is 56.3 Å². The minimum absolute atomic E-state index is 0.00253. The lowest BCUT2D eigenvalue weighted by Gasteiger charge is -2.42. The first-order chi connectivity index (χ1) is 16.7. The molecule has 0 amide bonds. The Balaban J connectivity index is 1.56. The summed E-state index contributed by atoms with van der Waals surface area (Å²) >= 11 is 6.52. The summed E-state index contributed by atoms with van der Waals surface area (Å²) in [5, 5.41) is 0.105.